The predicted octanol–water partition coefficient (Wildman–Crippen LogP) is 2.26. The molecule has 2 heterocycles. The van der Waals surface area contributed by atoms with E-state index in [1.807, 2.05) is 27.7 Å². The van der Waals surface area contributed by atoms with Gasteiger partial charge in [0.1, 0.15) is 0 Å². The topological polar surface area (TPSA) is 162 Å². The lowest BCUT2D eigenvalue weighted by Crippen LogP contribution is -2.32. The molecular formula is C23H34N2O10. The minimum atomic E-state index is -0.680. The van der Waals surface area contributed by atoms with Crippen LogP contribution in [0.25, 0.3) is 0 Å². The highest BCUT2D eigenvalue weighted by Crippen LogP contribution is 2.23. The van der Waals surface area contributed by atoms with Gasteiger partial charge in [-0.1, -0.05) is 0 Å². The maximum Gasteiger partial charge on any atom is 0.335 e. The second-order valence-corrected chi connectivity index (χ2v) is 9.18. The van der Waals surface area contributed by atoms with Gasteiger partial charge >= 0.3 is 11.9 Å². The zero-order valence-corrected chi connectivity index (χ0v) is 20.4. The van der Waals surface area contributed by atoms with Crippen molar-refractivity contribution >= 4 is 11.9 Å². The van der Waals surface area contributed by atoms with Crippen molar-refractivity contribution in [2.24, 2.45) is 0 Å². The Kier molecular flexibility index (Phi) is 9.43. The molecule has 2 aromatic rings. The Labute approximate surface area is 203 Å². The Balaban J connectivity index is 1.63. The molecule has 0 amide bonds. The standard InChI is InChI=1S/C23H34N2O10/c1-22(2,12-5-6-20(30)34-24-16(26)7-8-17(24)27)33-15-13-23(3,4)32-14-11-21(31)35-25-18(28)9-10-19(25)29/h7-10,26-29H,5-6,11-15H2,1-4H3. The largest absolute Gasteiger partial charge is 0.492 e. The Morgan fingerprint density at radius 1 is 0.686 bits per heavy atom. The van der Waals surface area contributed by atoms with E-state index in [1.165, 1.54) is 24.3 Å². The minimum absolute atomic E-state index is 0.0760. The zero-order chi connectivity index (χ0) is 26.2. The van der Waals surface area contributed by atoms with E-state index in [0.717, 1.165) is 0 Å². The van der Waals surface area contributed by atoms with Gasteiger partial charge in [0.05, 0.1) is 30.8 Å². The minimum Gasteiger partial charge on any atom is -0.492 e. The number of carbonyl (C=O) groups excluding carboxylic acids is 2. The van der Waals surface area contributed by atoms with Crippen LogP contribution < -0.4 is 9.68 Å². The van der Waals surface area contributed by atoms with E-state index in [1.54, 1.807) is 0 Å². The molecule has 0 fully saturated rings. The summed E-state index contributed by atoms with van der Waals surface area (Å²) in [6, 6.07) is 4.79. The van der Waals surface area contributed by atoms with Crippen LogP contribution in [0.5, 0.6) is 23.5 Å². The van der Waals surface area contributed by atoms with Gasteiger partial charge < -0.3 is 39.6 Å². The van der Waals surface area contributed by atoms with Gasteiger partial charge in [0.25, 0.3) is 0 Å². The molecule has 0 spiro atoms. The number of carbonyl (C=O) groups is 2. The Morgan fingerprint density at radius 2 is 1.09 bits per heavy atom. The third-order valence-electron chi connectivity index (χ3n) is 5.14. The van der Waals surface area contributed by atoms with Gasteiger partial charge in [0.15, 0.2) is 0 Å². The van der Waals surface area contributed by atoms with Crippen molar-refractivity contribution in [1.82, 2.24) is 9.46 Å². The molecule has 12 heteroatoms. The normalized spacial score (nSPS) is 12.0. The van der Waals surface area contributed by atoms with Crippen LogP contribution in [0, 0.1) is 0 Å². The first-order valence-electron chi connectivity index (χ1n) is 11.2. The summed E-state index contributed by atoms with van der Waals surface area (Å²) in [5.41, 5.74) is -1.10. The molecule has 0 saturated carbocycles. The summed E-state index contributed by atoms with van der Waals surface area (Å²) < 4.78 is 13.0. The predicted molar refractivity (Wildman–Crippen MR) is 122 cm³/mol. The van der Waals surface area contributed by atoms with E-state index < -0.39 is 34.9 Å². The van der Waals surface area contributed by atoms with E-state index in [0.29, 0.717) is 35.3 Å². The summed E-state index contributed by atoms with van der Waals surface area (Å²) in [6.07, 6.45) is 1.58. The van der Waals surface area contributed by atoms with Crippen molar-refractivity contribution in [1.29, 1.82) is 0 Å². The van der Waals surface area contributed by atoms with Crippen molar-refractivity contribution < 1.29 is 49.2 Å². The Hall–Kier alpha value is -3.38. The fourth-order valence-electron chi connectivity index (χ4n) is 3.07. The molecule has 0 bridgehead atoms. The highest BCUT2D eigenvalue weighted by molar-refractivity contribution is 5.70. The number of ether oxygens (including phenoxy) is 2. The Bertz CT molecular complexity index is 875. The summed E-state index contributed by atoms with van der Waals surface area (Å²) in [5, 5.41) is 38.0. The van der Waals surface area contributed by atoms with E-state index >= 15 is 0 Å². The van der Waals surface area contributed by atoms with Gasteiger partial charge in [-0.3, -0.25) is 0 Å². The molecule has 0 aliphatic rings. The zero-order valence-electron chi connectivity index (χ0n) is 20.4. The lowest BCUT2D eigenvalue weighted by Gasteiger charge is -2.29. The van der Waals surface area contributed by atoms with Crippen molar-refractivity contribution in [2.75, 3.05) is 13.2 Å². The third-order valence-corrected chi connectivity index (χ3v) is 5.14. The number of aromatic hydroxyl groups is 4. The molecule has 0 radical (unpaired) electrons. The molecule has 196 valence electrons. The summed E-state index contributed by atoms with van der Waals surface area (Å²) in [4.78, 5) is 33.6. The lowest BCUT2D eigenvalue weighted by molar-refractivity contribution is -0.148. The second-order valence-electron chi connectivity index (χ2n) is 9.18. The molecule has 0 aliphatic carbocycles. The molecule has 0 aromatic carbocycles. The van der Waals surface area contributed by atoms with Crippen molar-refractivity contribution in [3.63, 3.8) is 0 Å². The quantitative estimate of drug-likeness (QED) is 0.304. The summed E-state index contributed by atoms with van der Waals surface area (Å²) >= 11 is 0. The summed E-state index contributed by atoms with van der Waals surface area (Å²) in [7, 11) is 0. The first-order chi connectivity index (χ1) is 16.3. The molecule has 2 aromatic heterocycles. The molecule has 0 aliphatic heterocycles. The van der Waals surface area contributed by atoms with Gasteiger partial charge in [0.2, 0.25) is 23.5 Å². The van der Waals surface area contributed by atoms with E-state index in [-0.39, 0.29) is 31.2 Å². The second kappa shape index (κ2) is 11.8. The van der Waals surface area contributed by atoms with Gasteiger partial charge in [-0.25, -0.2) is 9.59 Å². The fraction of sp³-hybridized carbons (Fsp3) is 0.565. The molecule has 12 nitrogen and oxygen atoms in total. The average Bonchev–Trinajstić information content (AvgIpc) is 3.23. The van der Waals surface area contributed by atoms with Crippen LogP contribution in [-0.2, 0) is 19.1 Å². The average molecular weight is 499 g/mol. The molecule has 4 N–H and O–H groups in total. The lowest BCUT2D eigenvalue weighted by atomic mass is 10.0. The highest BCUT2D eigenvalue weighted by Gasteiger charge is 2.24. The molecule has 0 unspecified atom stereocenters. The first kappa shape index (κ1) is 27.9. The van der Waals surface area contributed by atoms with Gasteiger partial charge in [-0.15, -0.1) is 9.46 Å². The van der Waals surface area contributed by atoms with E-state index in [9.17, 15) is 30.0 Å². The number of hydrogen-bond donors (Lipinski definition) is 4. The summed E-state index contributed by atoms with van der Waals surface area (Å²) in [5.74, 6) is -2.82. The first-order valence-corrected chi connectivity index (χ1v) is 11.2. The molecule has 0 atom stereocenters. The van der Waals surface area contributed by atoms with E-state index in [2.05, 4.69) is 0 Å². The van der Waals surface area contributed by atoms with Crippen LogP contribution >= 0.6 is 0 Å². The van der Waals surface area contributed by atoms with E-state index in [4.69, 9.17) is 19.1 Å². The SMILES string of the molecule is CC(C)(CCCC(=O)On1c(O)ccc1O)OCCC(C)(C)OCCC(=O)On1c(O)ccc1O. The maximum atomic E-state index is 11.9. The van der Waals surface area contributed by atoms with Crippen LogP contribution in [0.4, 0.5) is 0 Å². The number of hydrogen-bond acceptors (Lipinski definition) is 10. The van der Waals surface area contributed by atoms with Crippen LogP contribution in [-0.4, -0.2) is 66.2 Å². The fourth-order valence-corrected chi connectivity index (χ4v) is 3.07. The maximum absolute atomic E-state index is 11.9. The van der Waals surface area contributed by atoms with Crippen LogP contribution in [0.1, 0.15) is 59.8 Å². The molecular weight excluding hydrogens is 464 g/mol. The Morgan fingerprint density at radius 3 is 1.57 bits per heavy atom. The van der Waals surface area contributed by atoms with Crippen LogP contribution in [0.3, 0.4) is 0 Å². The van der Waals surface area contributed by atoms with Crippen molar-refractivity contribution in [2.45, 2.75) is 71.0 Å². The van der Waals surface area contributed by atoms with Gasteiger partial charge in [-0.05, 0) is 47.0 Å². The number of nitrogens with zero attached hydrogens (tertiary/aromatic N) is 2. The summed E-state index contributed by atoms with van der Waals surface area (Å²) in [6.45, 7) is 7.98. The van der Waals surface area contributed by atoms with Crippen molar-refractivity contribution in [3.05, 3.63) is 24.3 Å². The van der Waals surface area contributed by atoms with Crippen molar-refractivity contribution in [3.8, 4) is 23.5 Å². The smallest absolute Gasteiger partial charge is 0.335 e. The van der Waals surface area contributed by atoms with Gasteiger partial charge in [-0.2, -0.15) is 0 Å². The van der Waals surface area contributed by atoms with Crippen LogP contribution in [0.2, 0.25) is 0 Å². The number of rotatable bonds is 14. The number of aromatic nitrogens is 2. The van der Waals surface area contributed by atoms with Gasteiger partial charge in [0, 0.05) is 30.7 Å². The molecule has 2 rings (SSSR count). The highest BCUT2D eigenvalue weighted by atomic mass is 16.7. The third kappa shape index (κ3) is 9.06. The molecule has 35 heavy (non-hydrogen) atoms. The monoisotopic (exact) mass is 498 g/mol. The van der Waals surface area contributed by atoms with Crippen LogP contribution in [0.15, 0.2) is 24.3 Å². The molecule has 0 saturated heterocycles.